The zero-order valence-electron chi connectivity index (χ0n) is 10.2. The van der Waals surface area contributed by atoms with Crippen molar-refractivity contribution in [2.75, 3.05) is 5.32 Å². The SMILES string of the molecule is Cc1n[nH]c(C)c1CC(=O)Nc1ccccc1Cl. The van der Waals surface area contributed by atoms with Crippen molar-refractivity contribution in [3.8, 4) is 0 Å². The Balaban J connectivity index is 2.08. The lowest BCUT2D eigenvalue weighted by Crippen LogP contribution is -2.15. The van der Waals surface area contributed by atoms with Crippen molar-refractivity contribution in [1.29, 1.82) is 0 Å². The molecule has 0 radical (unpaired) electrons. The Hall–Kier alpha value is -1.81. The van der Waals surface area contributed by atoms with Crippen LogP contribution in [0.3, 0.4) is 0 Å². The van der Waals surface area contributed by atoms with Crippen LogP contribution in [0.5, 0.6) is 0 Å². The molecule has 2 N–H and O–H groups in total. The van der Waals surface area contributed by atoms with Gasteiger partial charge in [0.2, 0.25) is 5.91 Å². The van der Waals surface area contributed by atoms with E-state index in [1.807, 2.05) is 26.0 Å². The lowest BCUT2D eigenvalue weighted by atomic mass is 10.1. The lowest BCUT2D eigenvalue weighted by Gasteiger charge is -2.07. The van der Waals surface area contributed by atoms with Gasteiger partial charge in [-0.25, -0.2) is 0 Å². The van der Waals surface area contributed by atoms with E-state index < -0.39 is 0 Å². The normalized spacial score (nSPS) is 10.4. The van der Waals surface area contributed by atoms with Crippen LogP contribution in [0.2, 0.25) is 5.02 Å². The number of nitrogens with zero attached hydrogens (tertiary/aromatic N) is 1. The van der Waals surface area contributed by atoms with Gasteiger partial charge < -0.3 is 5.32 Å². The van der Waals surface area contributed by atoms with Crippen LogP contribution < -0.4 is 5.32 Å². The number of para-hydroxylation sites is 1. The summed E-state index contributed by atoms with van der Waals surface area (Å²) in [5.41, 5.74) is 3.33. The van der Waals surface area contributed by atoms with Crippen LogP contribution in [0.25, 0.3) is 0 Å². The van der Waals surface area contributed by atoms with Gasteiger partial charge >= 0.3 is 0 Å². The topological polar surface area (TPSA) is 57.8 Å². The maximum atomic E-state index is 11.9. The Kier molecular flexibility index (Phi) is 3.67. The van der Waals surface area contributed by atoms with Gasteiger partial charge in [0, 0.05) is 11.3 Å². The van der Waals surface area contributed by atoms with Crippen molar-refractivity contribution >= 4 is 23.2 Å². The van der Waals surface area contributed by atoms with E-state index in [0.29, 0.717) is 17.1 Å². The maximum Gasteiger partial charge on any atom is 0.228 e. The van der Waals surface area contributed by atoms with Crippen LogP contribution in [0.15, 0.2) is 24.3 Å². The number of aryl methyl sites for hydroxylation is 2. The van der Waals surface area contributed by atoms with Crippen molar-refractivity contribution in [2.24, 2.45) is 0 Å². The second-order valence-electron chi connectivity index (χ2n) is 4.12. The maximum absolute atomic E-state index is 11.9. The number of hydrogen-bond donors (Lipinski definition) is 2. The highest BCUT2D eigenvalue weighted by molar-refractivity contribution is 6.33. The molecular weight excluding hydrogens is 250 g/mol. The molecule has 5 heteroatoms. The monoisotopic (exact) mass is 263 g/mol. The number of carbonyl (C=O) groups is 1. The Labute approximate surface area is 110 Å². The highest BCUT2D eigenvalue weighted by Gasteiger charge is 2.12. The summed E-state index contributed by atoms with van der Waals surface area (Å²) in [6.45, 7) is 3.78. The van der Waals surface area contributed by atoms with Crippen LogP contribution >= 0.6 is 11.6 Å². The first kappa shape index (κ1) is 12.6. The predicted molar refractivity (Wildman–Crippen MR) is 71.8 cm³/mol. The lowest BCUT2D eigenvalue weighted by molar-refractivity contribution is -0.115. The molecule has 1 heterocycles. The van der Waals surface area contributed by atoms with Gasteiger partial charge in [-0.2, -0.15) is 5.10 Å². The van der Waals surface area contributed by atoms with Crippen LogP contribution in [-0.2, 0) is 11.2 Å². The van der Waals surface area contributed by atoms with Gasteiger partial charge in [0.15, 0.2) is 0 Å². The second kappa shape index (κ2) is 5.23. The van der Waals surface area contributed by atoms with E-state index in [2.05, 4.69) is 15.5 Å². The molecule has 0 aliphatic heterocycles. The predicted octanol–water partition coefficient (Wildman–Crippen LogP) is 2.86. The third kappa shape index (κ3) is 2.71. The van der Waals surface area contributed by atoms with E-state index in [9.17, 15) is 4.79 Å². The fourth-order valence-electron chi connectivity index (χ4n) is 1.75. The standard InChI is InChI=1S/C13H14ClN3O/c1-8-10(9(2)17-16-8)7-13(18)15-12-6-4-3-5-11(12)14/h3-6H,7H2,1-2H3,(H,15,18)(H,16,17). The molecule has 94 valence electrons. The number of aromatic nitrogens is 2. The number of carbonyl (C=O) groups excluding carboxylic acids is 1. The summed E-state index contributed by atoms with van der Waals surface area (Å²) in [6.07, 6.45) is 0.291. The van der Waals surface area contributed by atoms with Gasteiger partial charge in [0.05, 0.1) is 22.8 Å². The minimum atomic E-state index is -0.101. The molecule has 0 aliphatic carbocycles. The van der Waals surface area contributed by atoms with Gasteiger partial charge in [0.1, 0.15) is 0 Å². The summed E-state index contributed by atoms with van der Waals surface area (Å²) in [5.74, 6) is -0.101. The fraction of sp³-hybridized carbons (Fsp3) is 0.231. The minimum absolute atomic E-state index is 0.101. The highest BCUT2D eigenvalue weighted by atomic mass is 35.5. The van der Waals surface area contributed by atoms with Gasteiger partial charge in [-0.05, 0) is 26.0 Å². The molecule has 18 heavy (non-hydrogen) atoms. The number of H-pyrrole nitrogens is 1. The molecule has 2 rings (SSSR count). The fourth-order valence-corrected chi connectivity index (χ4v) is 1.94. The number of anilines is 1. The van der Waals surface area contributed by atoms with Gasteiger partial charge in [0.25, 0.3) is 0 Å². The summed E-state index contributed by atoms with van der Waals surface area (Å²) < 4.78 is 0. The quantitative estimate of drug-likeness (QED) is 0.895. The molecule has 0 saturated carbocycles. The second-order valence-corrected chi connectivity index (χ2v) is 4.52. The largest absolute Gasteiger partial charge is 0.324 e. The van der Waals surface area contributed by atoms with Crippen molar-refractivity contribution in [3.63, 3.8) is 0 Å². The molecule has 0 bridgehead atoms. The first-order valence-corrected chi connectivity index (χ1v) is 6.00. The molecule has 0 atom stereocenters. The number of halogens is 1. The van der Waals surface area contributed by atoms with Gasteiger partial charge in [-0.1, -0.05) is 23.7 Å². The summed E-state index contributed by atoms with van der Waals surface area (Å²) in [5, 5.41) is 10.2. The summed E-state index contributed by atoms with van der Waals surface area (Å²) >= 11 is 5.98. The number of amides is 1. The van der Waals surface area contributed by atoms with Crippen LogP contribution in [0, 0.1) is 13.8 Å². The zero-order valence-corrected chi connectivity index (χ0v) is 11.0. The van der Waals surface area contributed by atoms with Crippen molar-refractivity contribution in [2.45, 2.75) is 20.3 Å². The average Bonchev–Trinajstić information content (AvgIpc) is 2.64. The van der Waals surface area contributed by atoms with Crippen molar-refractivity contribution < 1.29 is 4.79 Å². The molecule has 0 unspecified atom stereocenters. The Bertz CT molecular complexity index is 558. The Morgan fingerprint density at radius 3 is 2.72 bits per heavy atom. The third-order valence-electron chi connectivity index (χ3n) is 2.77. The molecule has 0 aliphatic rings. The van der Waals surface area contributed by atoms with E-state index in [-0.39, 0.29) is 5.91 Å². The average molecular weight is 264 g/mol. The van der Waals surface area contributed by atoms with Crippen LogP contribution in [-0.4, -0.2) is 16.1 Å². The first-order valence-electron chi connectivity index (χ1n) is 5.62. The Morgan fingerprint density at radius 2 is 2.11 bits per heavy atom. The first-order chi connectivity index (χ1) is 8.58. The smallest absolute Gasteiger partial charge is 0.228 e. The third-order valence-corrected chi connectivity index (χ3v) is 3.10. The van der Waals surface area contributed by atoms with E-state index in [1.165, 1.54) is 0 Å². The molecule has 0 saturated heterocycles. The molecule has 4 nitrogen and oxygen atoms in total. The molecule has 1 aromatic heterocycles. The van der Waals surface area contributed by atoms with Gasteiger partial charge in [-0.3, -0.25) is 9.89 Å². The zero-order chi connectivity index (χ0) is 13.1. The van der Waals surface area contributed by atoms with E-state index in [0.717, 1.165) is 17.0 Å². The Morgan fingerprint density at radius 1 is 1.39 bits per heavy atom. The number of nitrogens with one attached hydrogen (secondary N) is 2. The summed E-state index contributed by atoms with van der Waals surface area (Å²) in [4.78, 5) is 11.9. The molecule has 2 aromatic rings. The molecule has 1 aromatic carbocycles. The van der Waals surface area contributed by atoms with Crippen LogP contribution in [0.4, 0.5) is 5.69 Å². The summed E-state index contributed by atoms with van der Waals surface area (Å²) in [7, 11) is 0. The number of rotatable bonds is 3. The van der Waals surface area contributed by atoms with E-state index in [1.54, 1.807) is 12.1 Å². The number of hydrogen-bond acceptors (Lipinski definition) is 2. The van der Waals surface area contributed by atoms with E-state index >= 15 is 0 Å². The molecular formula is C13H14ClN3O. The molecule has 0 spiro atoms. The molecule has 0 fully saturated rings. The highest BCUT2D eigenvalue weighted by Crippen LogP contribution is 2.21. The van der Waals surface area contributed by atoms with Crippen LogP contribution in [0.1, 0.15) is 17.0 Å². The minimum Gasteiger partial charge on any atom is -0.324 e. The van der Waals surface area contributed by atoms with Gasteiger partial charge in [-0.15, -0.1) is 0 Å². The van der Waals surface area contributed by atoms with Crippen molar-refractivity contribution in [1.82, 2.24) is 10.2 Å². The van der Waals surface area contributed by atoms with Crippen molar-refractivity contribution in [3.05, 3.63) is 46.2 Å². The summed E-state index contributed by atoms with van der Waals surface area (Å²) in [6, 6.07) is 7.17. The number of aromatic amines is 1. The molecule has 1 amide bonds. The van der Waals surface area contributed by atoms with E-state index in [4.69, 9.17) is 11.6 Å². The number of benzene rings is 1.